The van der Waals surface area contributed by atoms with E-state index in [0.717, 1.165) is 28.0 Å². The number of hydrogen-bond donors (Lipinski definition) is 1. The van der Waals surface area contributed by atoms with Gasteiger partial charge in [-0.15, -0.1) is 20.4 Å². The van der Waals surface area contributed by atoms with Gasteiger partial charge in [-0.2, -0.15) is 0 Å². The molecule has 0 saturated heterocycles. The molecule has 1 unspecified atom stereocenters. The lowest BCUT2D eigenvalue weighted by Crippen LogP contribution is -2.25. The summed E-state index contributed by atoms with van der Waals surface area (Å²) in [6, 6.07) is 3.80. The van der Waals surface area contributed by atoms with Crippen LogP contribution in [-0.4, -0.2) is 41.1 Å². The average Bonchev–Trinajstić information content (AvgIpc) is 3.32. The highest BCUT2D eigenvalue weighted by molar-refractivity contribution is 8.00. The maximum atomic E-state index is 12.7. The number of rotatable bonds is 8. The van der Waals surface area contributed by atoms with Crippen LogP contribution in [0.3, 0.4) is 0 Å². The molecule has 0 bridgehead atoms. The summed E-state index contributed by atoms with van der Waals surface area (Å²) in [7, 11) is 0. The second kappa shape index (κ2) is 9.05. The maximum Gasteiger partial charge on any atom is 0.239 e. The van der Waals surface area contributed by atoms with Crippen molar-refractivity contribution in [2.75, 3.05) is 5.32 Å². The molecule has 3 rings (SSSR count). The summed E-state index contributed by atoms with van der Waals surface area (Å²) in [5.41, 5.74) is 0.949. The Bertz CT molecular complexity index is 894. The van der Waals surface area contributed by atoms with Gasteiger partial charge in [0.2, 0.25) is 11.0 Å². The molecule has 0 aliphatic heterocycles. The second-order valence-corrected chi connectivity index (χ2v) is 7.88. The number of nitrogens with zero attached hydrogens (tertiary/aromatic N) is 6. The van der Waals surface area contributed by atoms with E-state index in [4.69, 9.17) is 0 Å². The van der Waals surface area contributed by atoms with Crippen molar-refractivity contribution in [3.63, 3.8) is 0 Å². The Morgan fingerprint density at radius 2 is 1.96 bits per heavy atom. The van der Waals surface area contributed by atoms with Gasteiger partial charge in [-0.1, -0.05) is 36.9 Å². The lowest BCUT2D eigenvalue weighted by Gasteiger charge is -2.13. The number of carbonyl (C=O) groups excluding carboxylic acids is 1. The summed E-state index contributed by atoms with van der Waals surface area (Å²) in [6.07, 6.45) is 4.92. The molecule has 27 heavy (non-hydrogen) atoms. The van der Waals surface area contributed by atoms with Crippen LogP contribution in [-0.2, 0) is 17.8 Å². The molecule has 0 spiro atoms. The summed E-state index contributed by atoms with van der Waals surface area (Å²) in [5.74, 6) is 0.673. The lowest BCUT2D eigenvalue weighted by atomic mass is 10.2. The highest BCUT2D eigenvalue weighted by Gasteiger charge is 2.23. The van der Waals surface area contributed by atoms with Crippen LogP contribution >= 0.6 is 23.1 Å². The maximum absolute atomic E-state index is 12.7. The Morgan fingerprint density at radius 3 is 2.59 bits per heavy atom. The Kier molecular flexibility index (Phi) is 6.51. The Morgan fingerprint density at radius 1 is 1.19 bits per heavy atom. The predicted octanol–water partition coefficient (Wildman–Crippen LogP) is 3.28. The third kappa shape index (κ3) is 4.51. The van der Waals surface area contributed by atoms with Gasteiger partial charge in [-0.05, 0) is 31.9 Å². The SMILES string of the molecule is CCc1nnc(NC(=O)C(CC)Sc2nnc(-c3ccncc3)n2CC)s1. The number of hydrogen-bond acceptors (Lipinski definition) is 8. The molecular weight excluding hydrogens is 382 g/mol. The zero-order valence-corrected chi connectivity index (χ0v) is 17.0. The van der Waals surface area contributed by atoms with Gasteiger partial charge in [0.1, 0.15) is 5.01 Å². The minimum absolute atomic E-state index is 0.0996. The number of aryl methyl sites for hydroxylation is 1. The van der Waals surface area contributed by atoms with Gasteiger partial charge in [0, 0.05) is 24.5 Å². The number of nitrogens with one attached hydrogen (secondary N) is 1. The average molecular weight is 404 g/mol. The van der Waals surface area contributed by atoms with E-state index in [0.29, 0.717) is 18.1 Å². The number of amides is 1. The van der Waals surface area contributed by atoms with Crippen molar-refractivity contribution >= 4 is 34.1 Å². The Labute approximate surface area is 165 Å². The standard InChI is InChI=1S/C17H21N7OS2/c1-4-12(15(25)19-16-22-20-13(5-2)27-16)26-17-23-21-14(24(17)6-3)11-7-9-18-10-8-11/h7-10,12H,4-6H2,1-3H3,(H,19,22,25). The van der Waals surface area contributed by atoms with Crippen molar-refractivity contribution in [1.82, 2.24) is 29.9 Å². The topological polar surface area (TPSA) is 98.5 Å². The van der Waals surface area contributed by atoms with Crippen LogP contribution in [0.5, 0.6) is 0 Å². The van der Waals surface area contributed by atoms with Crippen molar-refractivity contribution in [2.45, 2.75) is 50.6 Å². The van der Waals surface area contributed by atoms with Gasteiger partial charge >= 0.3 is 0 Å². The normalized spacial score (nSPS) is 12.1. The molecule has 8 nitrogen and oxygen atoms in total. The van der Waals surface area contributed by atoms with Crippen LogP contribution in [0.1, 0.15) is 32.2 Å². The van der Waals surface area contributed by atoms with Crippen molar-refractivity contribution in [3.05, 3.63) is 29.5 Å². The van der Waals surface area contributed by atoms with Gasteiger partial charge in [0.25, 0.3) is 0 Å². The van der Waals surface area contributed by atoms with Crippen LogP contribution in [0.2, 0.25) is 0 Å². The van der Waals surface area contributed by atoms with Crippen LogP contribution in [0.4, 0.5) is 5.13 Å². The number of anilines is 1. The molecule has 1 N–H and O–H groups in total. The van der Waals surface area contributed by atoms with Crippen LogP contribution in [0.25, 0.3) is 11.4 Å². The first-order chi connectivity index (χ1) is 13.2. The van der Waals surface area contributed by atoms with E-state index in [-0.39, 0.29) is 11.2 Å². The molecular formula is C17H21N7OS2. The van der Waals surface area contributed by atoms with E-state index < -0.39 is 0 Å². The lowest BCUT2D eigenvalue weighted by molar-refractivity contribution is -0.115. The summed E-state index contributed by atoms with van der Waals surface area (Å²) < 4.78 is 2.01. The fourth-order valence-corrected chi connectivity index (χ4v) is 4.16. The molecule has 0 aliphatic carbocycles. The van der Waals surface area contributed by atoms with Crippen molar-refractivity contribution in [3.8, 4) is 11.4 Å². The first-order valence-corrected chi connectivity index (χ1v) is 10.5. The minimum atomic E-state index is -0.293. The minimum Gasteiger partial charge on any atom is -0.302 e. The van der Waals surface area contributed by atoms with E-state index in [9.17, 15) is 4.79 Å². The Hall–Kier alpha value is -2.33. The molecule has 0 fully saturated rings. The zero-order valence-electron chi connectivity index (χ0n) is 15.4. The van der Waals surface area contributed by atoms with Gasteiger partial charge in [-0.3, -0.25) is 15.1 Å². The van der Waals surface area contributed by atoms with Gasteiger partial charge in [0.15, 0.2) is 11.0 Å². The summed E-state index contributed by atoms with van der Waals surface area (Å²) in [4.78, 5) is 16.7. The van der Waals surface area contributed by atoms with E-state index in [1.165, 1.54) is 23.1 Å². The van der Waals surface area contributed by atoms with Crippen molar-refractivity contribution < 1.29 is 4.79 Å². The molecule has 0 radical (unpaired) electrons. The van der Waals surface area contributed by atoms with E-state index in [1.807, 2.05) is 37.5 Å². The zero-order chi connectivity index (χ0) is 19.2. The van der Waals surface area contributed by atoms with E-state index in [1.54, 1.807) is 12.4 Å². The summed E-state index contributed by atoms with van der Waals surface area (Å²) >= 11 is 2.82. The molecule has 3 heterocycles. The number of pyridine rings is 1. The van der Waals surface area contributed by atoms with E-state index in [2.05, 4.69) is 30.7 Å². The molecule has 3 aromatic rings. The highest BCUT2D eigenvalue weighted by Crippen LogP contribution is 2.29. The fourth-order valence-electron chi connectivity index (χ4n) is 2.46. The third-order valence-corrected chi connectivity index (χ3v) is 6.21. The van der Waals surface area contributed by atoms with Crippen molar-refractivity contribution in [2.24, 2.45) is 0 Å². The first-order valence-electron chi connectivity index (χ1n) is 8.79. The summed E-state index contributed by atoms with van der Waals surface area (Å²) in [5, 5.41) is 21.4. The molecule has 0 aromatic carbocycles. The molecule has 142 valence electrons. The number of carbonyl (C=O) groups is 1. The third-order valence-electron chi connectivity index (χ3n) is 3.88. The van der Waals surface area contributed by atoms with Gasteiger partial charge < -0.3 is 4.57 Å². The van der Waals surface area contributed by atoms with E-state index >= 15 is 0 Å². The molecule has 0 saturated carbocycles. The predicted molar refractivity (Wildman–Crippen MR) is 107 cm³/mol. The molecule has 10 heteroatoms. The number of thioether (sulfide) groups is 1. The van der Waals surface area contributed by atoms with Gasteiger partial charge in [0.05, 0.1) is 5.25 Å². The fraction of sp³-hybridized carbons (Fsp3) is 0.412. The summed E-state index contributed by atoms with van der Waals surface area (Å²) in [6.45, 7) is 6.73. The molecule has 0 aliphatic rings. The molecule has 1 amide bonds. The van der Waals surface area contributed by atoms with Crippen molar-refractivity contribution in [1.29, 1.82) is 0 Å². The molecule has 1 atom stereocenters. The highest BCUT2D eigenvalue weighted by atomic mass is 32.2. The largest absolute Gasteiger partial charge is 0.302 e. The quantitative estimate of drug-likeness (QED) is 0.576. The monoisotopic (exact) mass is 403 g/mol. The van der Waals surface area contributed by atoms with Crippen LogP contribution in [0.15, 0.2) is 29.7 Å². The smallest absolute Gasteiger partial charge is 0.239 e. The molecule has 3 aromatic heterocycles. The van der Waals surface area contributed by atoms with Gasteiger partial charge in [-0.25, -0.2) is 0 Å². The second-order valence-electron chi connectivity index (χ2n) is 5.64. The number of aromatic nitrogens is 6. The van der Waals surface area contributed by atoms with Crippen LogP contribution < -0.4 is 5.32 Å². The Balaban J connectivity index is 1.76. The van der Waals surface area contributed by atoms with Crippen LogP contribution in [0, 0.1) is 0 Å². The first kappa shape index (κ1) is 19.4.